The van der Waals surface area contributed by atoms with Crippen LogP contribution >= 0.6 is 0 Å². The summed E-state index contributed by atoms with van der Waals surface area (Å²) in [5.41, 5.74) is 1.94. The van der Waals surface area contributed by atoms with Crippen LogP contribution in [0.1, 0.15) is 48.6 Å². The number of nitrogens with zero attached hydrogens (tertiary/aromatic N) is 6. The Bertz CT molecular complexity index is 1610. The number of H-pyrrole nitrogens is 1. The number of rotatable bonds is 6. The van der Waals surface area contributed by atoms with Crippen LogP contribution in [0.3, 0.4) is 0 Å². The molecule has 0 spiro atoms. The largest absolute Gasteiger partial charge is 0.403 e. The van der Waals surface area contributed by atoms with Crippen molar-refractivity contribution in [3.8, 4) is 11.3 Å². The number of benzene rings is 1. The van der Waals surface area contributed by atoms with E-state index >= 15 is 4.39 Å². The Morgan fingerprint density at radius 1 is 1.07 bits per heavy atom. The van der Waals surface area contributed by atoms with Gasteiger partial charge in [-0.2, -0.15) is 13.2 Å². The van der Waals surface area contributed by atoms with E-state index in [1.54, 1.807) is 24.4 Å². The van der Waals surface area contributed by atoms with E-state index in [9.17, 15) is 18.0 Å². The lowest BCUT2D eigenvalue weighted by Gasteiger charge is -2.39. The van der Waals surface area contributed by atoms with Gasteiger partial charge in [0.25, 0.3) is 0 Å². The van der Waals surface area contributed by atoms with Gasteiger partial charge in [-0.3, -0.25) is 14.7 Å². The molecule has 1 unspecified atom stereocenters. The summed E-state index contributed by atoms with van der Waals surface area (Å²) in [6.45, 7) is 5.34. The highest BCUT2D eigenvalue weighted by molar-refractivity contribution is 5.86. The number of pyridine rings is 1. The second kappa shape index (κ2) is 10.2. The number of aromatic nitrogens is 5. The third-order valence-electron chi connectivity index (χ3n) is 8.24. The van der Waals surface area contributed by atoms with Crippen LogP contribution in [0.15, 0.2) is 42.9 Å². The van der Waals surface area contributed by atoms with E-state index in [2.05, 4.69) is 29.8 Å². The van der Waals surface area contributed by atoms with Crippen LogP contribution < -0.4 is 0 Å². The van der Waals surface area contributed by atoms with Crippen molar-refractivity contribution in [2.75, 3.05) is 26.2 Å². The van der Waals surface area contributed by atoms with E-state index in [1.807, 2.05) is 26.0 Å². The standard InChI is InChI=1S/C29H29F4N7O/c1-17-13-23(36-16-35-17)21-3-4-22-26(25(21)30)38-24(37-22)15-20-14-19(5-8-34-20)18(2)39-9-11-40(12-10-39)27(41)28(6-7-28)29(31,32)33/h3-5,8,13-14,16,18H,6-7,9-12,15H2,1-2H3,(H,37,38). The third-order valence-corrected chi connectivity index (χ3v) is 8.24. The molecule has 0 radical (unpaired) electrons. The first-order valence-electron chi connectivity index (χ1n) is 13.6. The average Bonchev–Trinajstić information content (AvgIpc) is 3.68. The van der Waals surface area contributed by atoms with Gasteiger partial charge in [0.1, 0.15) is 23.1 Å². The fraction of sp³-hybridized carbons (Fsp3) is 0.414. The first-order valence-corrected chi connectivity index (χ1v) is 13.6. The average molecular weight is 568 g/mol. The molecule has 1 N–H and O–H groups in total. The van der Waals surface area contributed by atoms with Crippen molar-refractivity contribution < 1.29 is 22.4 Å². The zero-order chi connectivity index (χ0) is 28.9. The molecule has 0 bridgehead atoms. The van der Waals surface area contributed by atoms with Crippen molar-refractivity contribution in [3.63, 3.8) is 0 Å². The van der Waals surface area contributed by atoms with Gasteiger partial charge in [-0.15, -0.1) is 0 Å². The van der Waals surface area contributed by atoms with Gasteiger partial charge in [0.05, 0.1) is 11.2 Å². The lowest BCUT2D eigenvalue weighted by atomic mass is 10.0. The maximum absolute atomic E-state index is 15.4. The van der Waals surface area contributed by atoms with E-state index in [4.69, 9.17) is 0 Å². The highest BCUT2D eigenvalue weighted by Crippen LogP contribution is 2.58. The first kappa shape index (κ1) is 27.3. The molecule has 4 heterocycles. The molecule has 6 rings (SSSR count). The molecule has 1 aliphatic heterocycles. The van der Waals surface area contributed by atoms with Crippen molar-refractivity contribution in [2.45, 2.75) is 45.3 Å². The van der Waals surface area contributed by atoms with Gasteiger partial charge in [-0.05, 0) is 62.6 Å². The zero-order valence-corrected chi connectivity index (χ0v) is 22.7. The highest BCUT2D eigenvalue weighted by Gasteiger charge is 2.69. The Kier molecular flexibility index (Phi) is 6.75. The maximum atomic E-state index is 15.4. The zero-order valence-electron chi connectivity index (χ0n) is 22.7. The topological polar surface area (TPSA) is 90.9 Å². The number of amides is 1. The number of aromatic amines is 1. The summed E-state index contributed by atoms with van der Waals surface area (Å²) in [6.07, 6.45) is -1.26. The van der Waals surface area contributed by atoms with Crippen LogP contribution in [0.2, 0.25) is 0 Å². The first-order chi connectivity index (χ1) is 19.6. The van der Waals surface area contributed by atoms with E-state index < -0.39 is 23.3 Å². The number of imidazole rings is 1. The Morgan fingerprint density at radius 3 is 2.51 bits per heavy atom. The van der Waals surface area contributed by atoms with Gasteiger partial charge in [0.15, 0.2) is 5.82 Å². The summed E-state index contributed by atoms with van der Waals surface area (Å²) in [5, 5.41) is 0. The predicted molar refractivity (Wildman–Crippen MR) is 143 cm³/mol. The molecule has 8 nitrogen and oxygen atoms in total. The number of piperazine rings is 1. The van der Waals surface area contributed by atoms with Crippen molar-refractivity contribution >= 4 is 16.9 Å². The number of alkyl halides is 3. The lowest BCUT2D eigenvalue weighted by molar-refractivity contribution is -0.199. The molecule has 1 atom stereocenters. The number of fused-ring (bicyclic) bond motifs is 1. The fourth-order valence-electron chi connectivity index (χ4n) is 5.57. The van der Waals surface area contributed by atoms with Gasteiger partial charge >= 0.3 is 6.18 Å². The SMILES string of the molecule is Cc1cc(-c2ccc3[nH]c(Cc4cc(C(C)N5CCN(C(=O)C6(C(F)(F)F)CC6)CC5)ccn4)nc3c2F)ncn1. The smallest absolute Gasteiger partial charge is 0.342 e. The molecule has 2 fully saturated rings. The molecule has 1 saturated heterocycles. The normalized spacial score (nSPS) is 18.0. The molecule has 1 saturated carbocycles. The van der Waals surface area contributed by atoms with Crippen LogP contribution in [0, 0.1) is 18.2 Å². The third kappa shape index (κ3) is 5.05. The van der Waals surface area contributed by atoms with Gasteiger partial charge in [-0.1, -0.05) is 0 Å². The molecule has 1 aliphatic carbocycles. The van der Waals surface area contributed by atoms with Crippen molar-refractivity contribution in [3.05, 3.63) is 71.4 Å². The fourth-order valence-corrected chi connectivity index (χ4v) is 5.57. The summed E-state index contributed by atoms with van der Waals surface area (Å²) >= 11 is 0. The number of carbonyl (C=O) groups excluding carboxylic acids is 1. The summed E-state index contributed by atoms with van der Waals surface area (Å²) in [4.78, 5) is 36.6. The minimum absolute atomic E-state index is 0.0292. The molecule has 1 aromatic carbocycles. The molecule has 12 heteroatoms. The number of hydrogen-bond acceptors (Lipinski definition) is 6. The number of aryl methyl sites for hydroxylation is 1. The molecular weight excluding hydrogens is 538 g/mol. The van der Waals surface area contributed by atoms with Gasteiger partial charge in [0.2, 0.25) is 5.91 Å². The Hall–Kier alpha value is -3.93. The summed E-state index contributed by atoms with van der Waals surface area (Å²) in [6, 6.07) is 9.00. The number of halogens is 4. The second-order valence-corrected chi connectivity index (χ2v) is 10.9. The summed E-state index contributed by atoms with van der Waals surface area (Å²) in [7, 11) is 0. The maximum Gasteiger partial charge on any atom is 0.403 e. The van der Waals surface area contributed by atoms with E-state index in [-0.39, 0.29) is 37.5 Å². The monoisotopic (exact) mass is 567 g/mol. The molecule has 2 aliphatic rings. The van der Waals surface area contributed by atoms with E-state index in [1.165, 1.54) is 11.2 Å². The van der Waals surface area contributed by atoms with E-state index in [0.717, 1.165) is 17.0 Å². The summed E-state index contributed by atoms with van der Waals surface area (Å²) < 4.78 is 55.6. The van der Waals surface area contributed by atoms with Gasteiger partial charge in [-0.25, -0.2) is 19.3 Å². The predicted octanol–water partition coefficient (Wildman–Crippen LogP) is 5.00. The van der Waals surface area contributed by atoms with Crippen LogP contribution in [0.4, 0.5) is 17.6 Å². The number of hydrogen-bond donors (Lipinski definition) is 1. The van der Waals surface area contributed by atoms with Gasteiger partial charge < -0.3 is 9.88 Å². The Balaban J connectivity index is 1.13. The quantitative estimate of drug-likeness (QED) is 0.330. The highest BCUT2D eigenvalue weighted by atomic mass is 19.4. The molecule has 3 aromatic heterocycles. The lowest BCUT2D eigenvalue weighted by Crippen LogP contribution is -2.53. The van der Waals surface area contributed by atoms with Crippen LogP contribution in [-0.2, 0) is 11.2 Å². The minimum atomic E-state index is -4.49. The van der Waals surface area contributed by atoms with Crippen LogP contribution in [-0.4, -0.2) is 73.0 Å². The second-order valence-electron chi connectivity index (χ2n) is 10.9. The molecule has 214 valence electrons. The Morgan fingerprint density at radius 2 is 1.83 bits per heavy atom. The number of nitrogens with one attached hydrogen (secondary N) is 1. The van der Waals surface area contributed by atoms with Crippen molar-refractivity contribution in [1.82, 2.24) is 34.7 Å². The Labute approximate surface area is 233 Å². The molecular formula is C29H29F4N7O. The number of carbonyl (C=O) groups is 1. The van der Waals surface area contributed by atoms with Gasteiger partial charge in [0, 0.05) is 61.8 Å². The van der Waals surface area contributed by atoms with E-state index in [0.29, 0.717) is 42.1 Å². The summed E-state index contributed by atoms with van der Waals surface area (Å²) in [5.74, 6) is -0.679. The minimum Gasteiger partial charge on any atom is -0.342 e. The van der Waals surface area contributed by atoms with Crippen molar-refractivity contribution in [2.24, 2.45) is 5.41 Å². The van der Waals surface area contributed by atoms with Crippen molar-refractivity contribution in [1.29, 1.82) is 0 Å². The molecule has 4 aromatic rings. The van der Waals surface area contributed by atoms with Crippen LogP contribution in [0.25, 0.3) is 22.3 Å². The molecule has 41 heavy (non-hydrogen) atoms. The molecule has 1 amide bonds. The van der Waals surface area contributed by atoms with Crippen LogP contribution in [0.5, 0.6) is 0 Å².